The number of benzene rings is 2. The molecule has 2 aromatic rings. The summed E-state index contributed by atoms with van der Waals surface area (Å²) < 4.78 is 0. The topological polar surface area (TPSA) is 52.9 Å². The van der Waals surface area contributed by atoms with Crippen molar-refractivity contribution in [2.45, 2.75) is 13.5 Å². The van der Waals surface area contributed by atoms with Gasteiger partial charge >= 0.3 is 0 Å². The van der Waals surface area contributed by atoms with Gasteiger partial charge in [0, 0.05) is 11.4 Å². The van der Waals surface area contributed by atoms with Gasteiger partial charge in [-0.3, -0.25) is 15.1 Å². The predicted molar refractivity (Wildman–Crippen MR) is 83.3 cm³/mol. The fraction of sp³-hybridized carbons (Fsp3) is 0.111. The number of nitrogens with zero attached hydrogens (tertiary/aromatic N) is 2. The van der Waals surface area contributed by atoms with Crippen LogP contribution in [0, 0.1) is 6.92 Å². The highest BCUT2D eigenvalue weighted by Crippen LogP contribution is 2.08. The van der Waals surface area contributed by atoms with Crippen LogP contribution >= 0.6 is 0 Å². The number of carbonyl (C=O) groups is 1. The number of hydrogen-bond acceptors (Lipinski definition) is 3. The third-order valence-electron chi connectivity index (χ3n) is 3.44. The number of amides is 1. The van der Waals surface area contributed by atoms with Crippen molar-refractivity contribution < 1.29 is 10.0 Å². The molecule has 0 atom stereocenters. The van der Waals surface area contributed by atoms with Crippen molar-refractivity contribution in [2.75, 3.05) is 0 Å². The van der Waals surface area contributed by atoms with Crippen molar-refractivity contribution in [3.63, 3.8) is 0 Å². The minimum Gasteiger partial charge on any atom is -0.289 e. The Bertz CT molecular complexity index is 854. The van der Waals surface area contributed by atoms with Gasteiger partial charge in [0.05, 0.1) is 17.5 Å². The summed E-state index contributed by atoms with van der Waals surface area (Å²) in [6.45, 7) is 2.30. The fourth-order valence-corrected chi connectivity index (χ4v) is 2.36. The normalized spacial score (nSPS) is 15.0. The number of hydrogen-bond donors (Lipinski definition) is 1. The Balaban J connectivity index is 1.89. The highest BCUT2D eigenvalue weighted by Gasteiger charge is 2.11. The molecule has 1 amide bonds. The van der Waals surface area contributed by atoms with Gasteiger partial charge < -0.3 is 0 Å². The first kappa shape index (κ1) is 14.2. The van der Waals surface area contributed by atoms with Crippen molar-refractivity contribution in [1.82, 2.24) is 5.06 Å². The molecule has 0 unspecified atom stereocenters. The van der Waals surface area contributed by atoms with Crippen LogP contribution in [-0.4, -0.2) is 16.2 Å². The molecule has 1 heterocycles. The molecule has 0 saturated carbocycles. The Morgan fingerprint density at radius 2 is 1.95 bits per heavy atom. The number of carbonyl (C=O) groups excluding carboxylic acids is 1. The van der Waals surface area contributed by atoms with Gasteiger partial charge in [0.25, 0.3) is 5.91 Å². The Morgan fingerprint density at radius 3 is 2.73 bits per heavy atom. The SMILES string of the molecule is Cc1ccc2c(c1)=CC(=CN(O)Cc1ccccc1)C(=O)N=2. The van der Waals surface area contributed by atoms with Crippen LogP contribution in [0.3, 0.4) is 0 Å². The number of rotatable bonds is 3. The van der Waals surface area contributed by atoms with Crippen LogP contribution in [0.15, 0.2) is 65.3 Å². The van der Waals surface area contributed by atoms with Crippen LogP contribution in [0.4, 0.5) is 0 Å². The third kappa shape index (κ3) is 3.13. The van der Waals surface area contributed by atoms with Crippen LogP contribution in [0.1, 0.15) is 11.1 Å². The van der Waals surface area contributed by atoms with Crippen molar-refractivity contribution in [2.24, 2.45) is 4.99 Å². The summed E-state index contributed by atoms with van der Waals surface area (Å²) in [5.74, 6) is -0.344. The third-order valence-corrected chi connectivity index (χ3v) is 3.44. The minimum absolute atomic E-state index is 0.312. The fourth-order valence-electron chi connectivity index (χ4n) is 2.36. The van der Waals surface area contributed by atoms with Crippen LogP contribution in [0.5, 0.6) is 0 Å². The molecule has 0 bridgehead atoms. The molecule has 4 nitrogen and oxygen atoms in total. The summed E-state index contributed by atoms with van der Waals surface area (Å²) >= 11 is 0. The molecule has 0 fully saturated rings. The van der Waals surface area contributed by atoms with E-state index in [0.717, 1.165) is 21.4 Å². The van der Waals surface area contributed by atoms with E-state index in [2.05, 4.69) is 4.99 Å². The quantitative estimate of drug-likeness (QED) is 0.692. The maximum atomic E-state index is 12.0. The zero-order valence-corrected chi connectivity index (χ0v) is 12.2. The molecule has 2 aromatic carbocycles. The molecule has 0 spiro atoms. The van der Waals surface area contributed by atoms with E-state index in [9.17, 15) is 10.0 Å². The van der Waals surface area contributed by atoms with Gasteiger partial charge in [-0.25, -0.2) is 4.99 Å². The van der Waals surface area contributed by atoms with Gasteiger partial charge in [-0.05, 0) is 30.7 Å². The minimum atomic E-state index is -0.344. The number of hydroxylamine groups is 2. The molecule has 4 heteroatoms. The molecular formula is C18H16N2O2. The van der Waals surface area contributed by atoms with Crippen LogP contribution in [-0.2, 0) is 11.3 Å². The van der Waals surface area contributed by atoms with E-state index in [1.807, 2.05) is 55.5 Å². The van der Waals surface area contributed by atoms with Crippen LogP contribution in [0.25, 0.3) is 6.08 Å². The summed E-state index contributed by atoms with van der Waals surface area (Å²) in [7, 11) is 0. The Labute approximate surface area is 128 Å². The summed E-state index contributed by atoms with van der Waals surface area (Å²) in [5.41, 5.74) is 2.43. The largest absolute Gasteiger partial charge is 0.289 e. The molecule has 3 rings (SSSR count). The first-order chi connectivity index (χ1) is 10.6. The van der Waals surface area contributed by atoms with Crippen LogP contribution in [0.2, 0.25) is 0 Å². The Hall–Kier alpha value is -2.72. The summed E-state index contributed by atoms with van der Waals surface area (Å²) in [6.07, 6.45) is 3.18. The lowest BCUT2D eigenvalue weighted by Gasteiger charge is -2.13. The molecule has 1 N–H and O–H groups in total. The molecule has 22 heavy (non-hydrogen) atoms. The van der Waals surface area contributed by atoms with E-state index in [4.69, 9.17) is 0 Å². The highest BCUT2D eigenvalue weighted by molar-refractivity contribution is 6.02. The second-order valence-electron chi connectivity index (χ2n) is 5.29. The molecule has 0 aliphatic carbocycles. The maximum absolute atomic E-state index is 12.0. The zero-order valence-electron chi connectivity index (χ0n) is 12.2. The van der Waals surface area contributed by atoms with E-state index in [-0.39, 0.29) is 5.91 Å². The second-order valence-corrected chi connectivity index (χ2v) is 5.29. The monoisotopic (exact) mass is 292 g/mol. The van der Waals surface area contributed by atoms with Gasteiger partial charge in [-0.2, -0.15) is 0 Å². The zero-order chi connectivity index (χ0) is 15.5. The Kier molecular flexibility index (Phi) is 3.85. The van der Waals surface area contributed by atoms with Crippen molar-refractivity contribution in [3.05, 3.63) is 82.0 Å². The predicted octanol–water partition coefficient (Wildman–Crippen LogP) is 1.71. The smallest absolute Gasteiger partial charge is 0.279 e. The molecule has 0 saturated heterocycles. The molecule has 1 aliphatic heterocycles. The standard InChI is InChI=1S/C18H16N2O2/c1-13-7-8-17-15(9-13)10-16(18(21)19-17)12-20(22)11-14-5-3-2-4-6-14/h2-10,12,22H,11H2,1H3. The first-order valence-electron chi connectivity index (χ1n) is 7.04. The van der Waals surface area contributed by atoms with Crippen molar-refractivity contribution >= 4 is 12.0 Å². The van der Waals surface area contributed by atoms with E-state index >= 15 is 0 Å². The molecule has 110 valence electrons. The molecule has 1 aliphatic rings. The van der Waals surface area contributed by atoms with Gasteiger partial charge in [0.1, 0.15) is 0 Å². The van der Waals surface area contributed by atoms with E-state index in [0.29, 0.717) is 17.5 Å². The van der Waals surface area contributed by atoms with E-state index < -0.39 is 0 Å². The lowest BCUT2D eigenvalue weighted by atomic mass is 10.1. The molecule has 0 radical (unpaired) electrons. The highest BCUT2D eigenvalue weighted by atomic mass is 16.5. The number of fused-ring (bicyclic) bond motifs is 1. The molecular weight excluding hydrogens is 276 g/mol. The van der Waals surface area contributed by atoms with Gasteiger partial charge in [0.15, 0.2) is 0 Å². The number of aryl methyl sites for hydroxylation is 1. The van der Waals surface area contributed by atoms with Crippen molar-refractivity contribution in [1.29, 1.82) is 0 Å². The summed E-state index contributed by atoms with van der Waals surface area (Å²) in [6, 6.07) is 15.3. The summed E-state index contributed by atoms with van der Waals surface area (Å²) in [4.78, 5) is 16.1. The maximum Gasteiger partial charge on any atom is 0.279 e. The van der Waals surface area contributed by atoms with Gasteiger partial charge in [0.2, 0.25) is 0 Å². The van der Waals surface area contributed by atoms with Gasteiger partial charge in [-0.15, -0.1) is 0 Å². The lowest BCUT2D eigenvalue weighted by molar-refractivity contribution is -0.114. The van der Waals surface area contributed by atoms with Crippen LogP contribution < -0.4 is 10.6 Å². The second kappa shape index (κ2) is 5.95. The molecule has 0 aromatic heterocycles. The Morgan fingerprint density at radius 1 is 1.18 bits per heavy atom. The lowest BCUT2D eigenvalue weighted by Crippen LogP contribution is -2.31. The van der Waals surface area contributed by atoms with E-state index in [1.165, 1.54) is 6.20 Å². The average molecular weight is 292 g/mol. The van der Waals surface area contributed by atoms with Gasteiger partial charge in [-0.1, -0.05) is 42.0 Å². The summed E-state index contributed by atoms with van der Waals surface area (Å²) in [5, 5.41) is 12.6. The average Bonchev–Trinajstić information content (AvgIpc) is 2.49. The van der Waals surface area contributed by atoms with Crippen molar-refractivity contribution in [3.8, 4) is 0 Å². The van der Waals surface area contributed by atoms with E-state index in [1.54, 1.807) is 6.08 Å². The first-order valence-corrected chi connectivity index (χ1v) is 7.04.